The largest absolute Gasteiger partial charge is 0.497 e. The quantitative estimate of drug-likeness (QED) is 0.901. The summed E-state index contributed by atoms with van der Waals surface area (Å²) in [5, 5.41) is 3.49. The van der Waals surface area contributed by atoms with E-state index in [2.05, 4.69) is 41.2 Å². The number of hydrogen-bond donors (Lipinski definition) is 1. The van der Waals surface area contributed by atoms with Crippen molar-refractivity contribution in [3.63, 3.8) is 0 Å². The smallest absolute Gasteiger partial charge is 0.174 e. The molecule has 2 aromatic rings. The number of ether oxygens (including phenoxy) is 1. The normalized spacial score (nSPS) is 12.4. The maximum atomic E-state index is 5.35. The lowest BCUT2D eigenvalue weighted by molar-refractivity contribution is 0.414. The van der Waals surface area contributed by atoms with Gasteiger partial charge in [0.2, 0.25) is 0 Å². The van der Waals surface area contributed by atoms with Gasteiger partial charge in [-0.25, -0.2) is 0 Å². The minimum absolute atomic E-state index is 0.115. The molecule has 1 aromatic heterocycles. The van der Waals surface area contributed by atoms with Gasteiger partial charge in [0.1, 0.15) is 5.75 Å². The Morgan fingerprint density at radius 1 is 1.32 bits per heavy atom. The Balaban J connectivity index is 2.42. The van der Waals surface area contributed by atoms with E-state index in [-0.39, 0.29) is 6.04 Å². The van der Waals surface area contributed by atoms with Crippen LogP contribution in [0.3, 0.4) is 0 Å². The van der Waals surface area contributed by atoms with Crippen molar-refractivity contribution in [1.29, 1.82) is 0 Å². The highest BCUT2D eigenvalue weighted by Gasteiger charge is 2.19. The molecule has 1 unspecified atom stereocenters. The molecule has 0 fully saturated rings. The number of furan rings is 1. The zero-order valence-electron chi connectivity index (χ0n) is 11.4. The van der Waals surface area contributed by atoms with Crippen molar-refractivity contribution in [2.75, 3.05) is 13.7 Å². The molecule has 1 aromatic carbocycles. The van der Waals surface area contributed by atoms with E-state index in [9.17, 15) is 0 Å². The lowest BCUT2D eigenvalue weighted by Gasteiger charge is -2.20. The zero-order valence-corrected chi connectivity index (χ0v) is 13.0. The van der Waals surface area contributed by atoms with Crippen molar-refractivity contribution in [1.82, 2.24) is 5.32 Å². The maximum Gasteiger partial charge on any atom is 0.174 e. The molecule has 0 bridgehead atoms. The summed E-state index contributed by atoms with van der Waals surface area (Å²) in [7, 11) is 1.68. The molecule has 4 heteroatoms. The minimum Gasteiger partial charge on any atom is -0.497 e. The molecule has 102 valence electrons. The molecule has 0 amide bonds. The van der Waals surface area contributed by atoms with Gasteiger partial charge in [-0.1, -0.05) is 13.0 Å². The standard InChI is InChI=1S/C15H18BrNO2/c1-4-17-14(13-7-8-19-15(13)16)12-6-5-11(18-3)9-10(12)2/h5-9,14,17H,4H2,1-3H3. The van der Waals surface area contributed by atoms with Gasteiger partial charge in [-0.05, 0) is 58.7 Å². The molecule has 1 heterocycles. The number of benzene rings is 1. The van der Waals surface area contributed by atoms with Gasteiger partial charge in [0, 0.05) is 5.56 Å². The first-order chi connectivity index (χ1) is 9.17. The summed E-state index contributed by atoms with van der Waals surface area (Å²) in [6.07, 6.45) is 1.70. The average Bonchev–Trinajstić information content (AvgIpc) is 2.82. The molecule has 0 saturated carbocycles. The van der Waals surface area contributed by atoms with E-state index < -0.39 is 0 Å². The molecule has 1 atom stereocenters. The summed E-state index contributed by atoms with van der Waals surface area (Å²) in [5.74, 6) is 0.878. The first-order valence-corrected chi connectivity index (χ1v) is 7.07. The molecular formula is C15H18BrNO2. The minimum atomic E-state index is 0.115. The van der Waals surface area contributed by atoms with Crippen LogP contribution in [0.1, 0.15) is 29.7 Å². The second-order valence-corrected chi connectivity index (χ2v) is 5.08. The fourth-order valence-electron chi connectivity index (χ4n) is 2.20. The van der Waals surface area contributed by atoms with E-state index in [0.29, 0.717) is 0 Å². The highest BCUT2D eigenvalue weighted by Crippen LogP contribution is 2.32. The van der Waals surface area contributed by atoms with Crippen LogP contribution >= 0.6 is 15.9 Å². The van der Waals surface area contributed by atoms with Crippen LogP contribution in [0, 0.1) is 6.92 Å². The third-order valence-corrected chi connectivity index (χ3v) is 3.80. The summed E-state index contributed by atoms with van der Waals surface area (Å²) in [5.41, 5.74) is 3.53. The van der Waals surface area contributed by atoms with E-state index in [1.807, 2.05) is 18.2 Å². The molecule has 0 aliphatic rings. The Kier molecular flexibility index (Phi) is 4.66. The van der Waals surface area contributed by atoms with Crippen molar-refractivity contribution in [2.45, 2.75) is 19.9 Å². The number of halogens is 1. The van der Waals surface area contributed by atoms with Crippen LogP contribution < -0.4 is 10.1 Å². The summed E-state index contributed by atoms with van der Waals surface area (Å²) in [4.78, 5) is 0. The summed E-state index contributed by atoms with van der Waals surface area (Å²) >= 11 is 3.46. The van der Waals surface area contributed by atoms with E-state index in [4.69, 9.17) is 9.15 Å². The van der Waals surface area contributed by atoms with E-state index >= 15 is 0 Å². The van der Waals surface area contributed by atoms with Gasteiger partial charge in [-0.2, -0.15) is 0 Å². The summed E-state index contributed by atoms with van der Waals surface area (Å²) < 4.78 is 11.4. The summed E-state index contributed by atoms with van der Waals surface area (Å²) in [6, 6.07) is 8.24. The Morgan fingerprint density at radius 2 is 2.11 bits per heavy atom. The predicted octanol–water partition coefficient (Wildman–Crippen LogP) is 4.06. The Bertz CT molecular complexity index is 551. The van der Waals surface area contributed by atoms with Crippen LogP contribution in [-0.2, 0) is 0 Å². The number of rotatable bonds is 5. The zero-order chi connectivity index (χ0) is 13.8. The molecule has 19 heavy (non-hydrogen) atoms. The van der Waals surface area contributed by atoms with Crippen molar-refractivity contribution in [3.05, 3.63) is 51.9 Å². The van der Waals surface area contributed by atoms with Crippen LogP contribution in [0.2, 0.25) is 0 Å². The van der Waals surface area contributed by atoms with Gasteiger partial charge in [-0.3, -0.25) is 0 Å². The van der Waals surface area contributed by atoms with Crippen LogP contribution in [0.5, 0.6) is 5.75 Å². The molecule has 0 spiro atoms. The fourth-order valence-corrected chi connectivity index (χ4v) is 2.67. The van der Waals surface area contributed by atoms with E-state index in [0.717, 1.165) is 22.5 Å². The third kappa shape index (κ3) is 3.01. The highest BCUT2D eigenvalue weighted by molar-refractivity contribution is 9.10. The van der Waals surface area contributed by atoms with Crippen molar-refractivity contribution < 1.29 is 9.15 Å². The molecule has 3 nitrogen and oxygen atoms in total. The van der Waals surface area contributed by atoms with Crippen molar-refractivity contribution in [3.8, 4) is 5.75 Å². The molecule has 0 radical (unpaired) electrons. The van der Waals surface area contributed by atoms with Crippen LogP contribution in [0.25, 0.3) is 0 Å². The predicted molar refractivity (Wildman–Crippen MR) is 79.7 cm³/mol. The Morgan fingerprint density at radius 3 is 2.63 bits per heavy atom. The van der Waals surface area contributed by atoms with Gasteiger partial charge >= 0.3 is 0 Å². The van der Waals surface area contributed by atoms with Gasteiger partial charge in [0.25, 0.3) is 0 Å². The Labute approximate surface area is 122 Å². The Hall–Kier alpha value is -1.26. The van der Waals surface area contributed by atoms with Crippen molar-refractivity contribution in [2.24, 2.45) is 0 Å². The second kappa shape index (κ2) is 6.26. The van der Waals surface area contributed by atoms with Crippen LogP contribution in [-0.4, -0.2) is 13.7 Å². The molecule has 0 saturated heterocycles. The number of methoxy groups -OCH3 is 1. The topological polar surface area (TPSA) is 34.4 Å². The van der Waals surface area contributed by atoms with Gasteiger partial charge < -0.3 is 14.5 Å². The summed E-state index contributed by atoms with van der Waals surface area (Å²) in [6.45, 7) is 5.07. The fraction of sp³-hybridized carbons (Fsp3) is 0.333. The first-order valence-electron chi connectivity index (χ1n) is 6.28. The number of nitrogens with one attached hydrogen (secondary N) is 1. The number of aryl methyl sites for hydroxylation is 1. The van der Waals surface area contributed by atoms with Gasteiger partial charge in [0.05, 0.1) is 19.4 Å². The highest BCUT2D eigenvalue weighted by atomic mass is 79.9. The maximum absolute atomic E-state index is 5.35. The number of hydrogen-bond acceptors (Lipinski definition) is 3. The molecular weight excluding hydrogens is 306 g/mol. The molecule has 0 aliphatic carbocycles. The first kappa shape index (κ1) is 14.2. The van der Waals surface area contributed by atoms with Crippen LogP contribution in [0.15, 0.2) is 39.6 Å². The molecule has 2 rings (SSSR count). The second-order valence-electron chi connectivity index (χ2n) is 4.36. The third-order valence-electron chi connectivity index (χ3n) is 3.15. The molecule has 0 aliphatic heterocycles. The molecule has 1 N–H and O–H groups in total. The van der Waals surface area contributed by atoms with E-state index in [1.165, 1.54) is 11.1 Å². The van der Waals surface area contributed by atoms with Crippen molar-refractivity contribution >= 4 is 15.9 Å². The van der Waals surface area contributed by atoms with E-state index in [1.54, 1.807) is 13.4 Å². The lowest BCUT2D eigenvalue weighted by atomic mass is 9.96. The average molecular weight is 324 g/mol. The SMILES string of the molecule is CCNC(c1ccc(OC)cc1C)c1ccoc1Br. The van der Waals surface area contributed by atoms with Gasteiger partial charge in [-0.15, -0.1) is 0 Å². The van der Waals surface area contributed by atoms with Gasteiger partial charge in [0.15, 0.2) is 4.67 Å². The van der Waals surface area contributed by atoms with Crippen LogP contribution in [0.4, 0.5) is 0 Å². The monoisotopic (exact) mass is 323 g/mol. The lowest BCUT2D eigenvalue weighted by Crippen LogP contribution is -2.22.